The summed E-state index contributed by atoms with van der Waals surface area (Å²) in [4.78, 5) is 52.4. The summed E-state index contributed by atoms with van der Waals surface area (Å²) in [5.41, 5.74) is 1.29. The van der Waals surface area contributed by atoms with Crippen LogP contribution in [-0.4, -0.2) is 54.5 Å². The van der Waals surface area contributed by atoms with Gasteiger partial charge in [-0.1, -0.05) is 36.4 Å². The molecule has 5 rings (SSSR count). The summed E-state index contributed by atoms with van der Waals surface area (Å²) in [6, 6.07) is 13.5. The molecular formula is C25H26N4O5. The number of benzene rings is 2. The van der Waals surface area contributed by atoms with Crippen LogP contribution in [0.3, 0.4) is 0 Å². The van der Waals surface area contributed by atoms with Crippen LogP contribution >= 0.6 is 0 Å². The number of anilines is 1. The van der Waals surface area contributed by atoms with Crippen molar-refractivity contribution in [2.75, 3.05) is 25.0 Å². The molecule has 0 aromatic heterocycles. The molecule has 2 atom stereocenters. The number of ether oxygens (including phenoxy) is 1. The second kappa shape index (κ2) is 8.90. The number of rotatable bonds is 6. The van der Waals surface area contributed by atoms with Crippen molar-refractivity contribution in [1.29, 1.82) is 0 Å². The molecule has 9 heteroatoms. The van der Waals surface area contributed by atoms with Crippen molar-refractivity contribution in [2.24, 2.45) is 0 Å². The molecule has 9 nitrogen and oxygen atoms in total. The zero-order valence-electron chi connectivity index (χ0n) is 18.6. The van der Waals surface area contributed by atoms with Crippen LogP contribution in [0.15, 0.2) is 48.5 Å². The highest BCUT2D eigenvalue weighted by Crippen LogP contribution is 2.41. The zero-order chi connectivity index (χ0) is 23.7. The Hall–Kier alpha value is -3.72. The highest BCUT2D eigenvalue weighted by molar-refractivity contribution is 6.11. The Balaban J connectivity index is 1.26. The van der Waals surface area contributed by atoms with Gasteiger partial charge in [0.1, 0.15) is 12.1 Å². The van der Waals surface area contributed by atoms with Crippen LogP contribution in [0.1, 0.15) is 40.7 Å². The van der Waals surface area contributed by atoms with Gasteiger partial charge >= 0.3 is 6.03 Å². The van der Waals surface area contributed by atoms with Crippen molar-refractivity contribution < 1.29 is 23.9 Å². The van der Waals surface area contributed by atoms with Gasteiger partial charge < -0.3 is 20.7 Å². The van der Waals surface area contributed by atoms with E-state index in [-0.39, 0.29) is 12.0 Å². The number of fused-ring (bicyclic) bond motifs is 2. The first kappa shape index (κ1) is 22.1. The molecule has 0 radical (unpaired) electrons. The van der Waals surface area contributed by atoms with E-state index >= 15 is 0 Å². The predicted molar refractivity (Wildman–Crippen MR) is 123 cm³/mol. The number of carbonyl (C=O) groups is 4. The van der Waals surface area contributed by atoms with Gasteiger partial charge in [0.05, 0.1) is 17.4 Å². The number of amides is 5. The summed E-state index contributed by atoms with van der Waals surface area (Å²) >= 11 is 0. The van der Waals surface area contributed by atoms with Gasteiger partial charge in [0, 0.05) is 13.2 Å². The van der Waals surface area contributed by atoms with E-state index in [1.807, 2.05) is 24.3 Å². The Bertz CT molecular complexity index is 1160. The van der Waals surface area contributed by atoms with Crippen LogP contribution < -0.4 is 16.0 Å². The molecule has 2 saturated heterocycles. The molecule has 5 amide bonds. The second-order valence-electron chi connectivity index (χ2n) is 8.82. The van der Waals surface area contributed by atoms with Crippen molar-refractivity contribution in [3.05, 3.63) is 65.2 Å². The molecule has 3 aliphatic rings. The zero-order valence-corrected chi connectivity index (χ0v) is 18.6. The molecule has 176 valence electrons. The number of urea groups is 1. The van der Waals surface area contributed by atoms with E-state index in [1.54, 1.807) is 24.3 Å². The Morgan fingerprint density at radius 3 is 2.74 bits per heavy atom. The lowest BCUT2D eigenvalue weighted by atomic mass is 9.92. The first-order chi connectivity index (χ1) is 16.5. The van der Waals surface area contributed by atoms with Crippen molar-refractivity contribution >= 4 is 29.4 Å². The number of carbonyl (C=O) groups excluding carboxylic acids is 4. The lowest BCUT2D eigenvalue weighted by Crippen LogP contribution is -2.43. The predicted octanol–water partition coefficient (Wildman–Crippen LogP) is 1.93. The average molecular weight is 463 g/mol. The largest absolute Gasteiger partial charge is 0.376 e. The fourth-order valence-corrected chi connectivity index (χ4v) is 4.96. The Morgan fingerprint density at radius 2 is 1.91 bits per heavy atom. The summed E-state index contributed by atoms with van der Waals surface area (Å²) in [6.45, 7) is 0.649. The molecule has 1 aliphatic carbocycles. The minimum Gasteiger partial charge on any atom is -0.376 e. The Morgan fingerprint density at radius 1 is 1.12 bits per heavy atom. The van der Waals surface area contributed by atoms with Crippen molar-refractivity contribution in [2.45, 2.75) is 37.3 Å². The third-order valence-corrected chi connectivity index (χ3v) is 6.68. The number of para-hydroxylation sites is 1. The minimum atomic E-state index is -1.12. The monoisotopic (exact) mass is 462 g/mol. The first-order valence-electron chi connectivity index (χ1n) is 11.5. The van der Waals surface area contributed by atoms with Crippen LogP contribution in [0.25, 0.3) is 0 Å². The molecule has 3 N–H and O–H groups in total. The summed E-state index contributed by atoms with van der Waals surface area (Å²) < 4.78 is 5.53. The molecule has 1 spiro atoms. The lowest BCUT2D eigenvalue weighted by molar-refractivity contribution is -0.134. The number of imide groups is 1. The second-order valence-corrected chi connectivity index (χ2v) is 8.82. The molecule has 2 heterocycles. The number of aryl methyl sites for hydroxylation is 1. The molecule has 2 aromatic rings. The van der Waals surface area contributed by atoms with Gasteiger partial charge in [-0.3, -0.25) is 19.3 Å². The van der Waals surface area contributed by atoms with E-state index in [1.165, 1.54) is 0 Å². The molecule has 2 aliphatic heterocycles. The standard InChI is InChI=1S/C25H26N4O5/c30-21(27-20-10-4-2-8-18(20)22(31)26-14-17-7-5-13-34-17)15-29-23(32)25(28-24(29)33)12-11-16-6-1-3-9-19(16)25/h1-4,6,8-10,17H,5,7,11-15H2,(H,26,31)(H,27,30)(H,28,33)/t17-,25+/m0/s1. The van der Waals surface area contributed by atoms with E-state index in [2.05, 4.69) is 16.0 Å². The summed E-state index contributed by atoms with van der Waals surface area (Å²) in [5.74, 6) is -1.32. The molecule has 0 bridgehead atoms. The number of nitrogens with one attached hydrogen (secondary N) is 3. The van der Waals surface area contributed by atoms with Crippen LogP contribution in [-0.2, 0) is 26.3 Å². The van der Waals surface area contributed by atoms with Gasteiger partial charge in [-0.2, -0.15) is 0 Å². The smallest absolute Gasteiger partial charge is 0.325 e. The van der Waals surface area contributed by atoms with Crippen LogP contribution in [0.4, 0.5) is 10.5 Å². The van der Waals surface area contributed by atoms with E-state index < -0.39 is 29.9 Å². The maximum atomic E-state index is 13.3. The van der Waals surface area contributed by atoms with Crippen LogP contribution in [0.2, 0.25) is 0 Å². The number of hydrogen-bond acceptors (Lipinski definition) is 5. The topological polar surface area (TPSA) is 117 Å². The Kier molecular flexibility index (Phi) is 5.79. The highest BCUT2D eigenvalue weighted by atomic mass is 16.5. The number of nitrogens with zero attached hydrogens (tertiary/aromatic N) is 1. The van der Waals surface area contributed by atoms with Gasteiger partial charge in [0.2, 0.25) is 5.91 Å². The maximum Gasteiger partial charge on any atom is 0.325 e. The molecule has 0 unspecified atom stereocenters. The molecule has 2 aromatic carbocycles. The summed E-state index contributed by atoms with van der Waals surface area (Å²) in [6.07, 6.45) is 3.01. The highest BCUT2D eigenvalue weighted by Gasteiger charge is 2.55. The van der Waals surface area contributed by atoms with Crippen molar-refractivity contribution in [3.8, 4) is 0 Å². The first-order valence-corrected chi connectivity index (χ1v) is 11.5. The van der Waals surface area contributed by atoms with Gasteiger partial charge in [-0.25, -0.2) is 4.79 Å². The summed E-state index contributed by atoms with van der Waals surface area (Å²) in [5, 5.41) is 8.33. The van der Waals surface area contributed by atoms with Gasteiger partial charge in [-0.15, -0.1) is 0 Å². The SMILES string of the molecule is O=C(CN1C(=O)N[C@@]2(CCc3ccccc32)C1=O)Nc1ccccc1C(=O)NC[C@@H]1CCCO1. The minimum absolute atomic E-state index is 0.00145. The van der Waals surface area contributed by atoms with Gasteiger partial charge in [0.15, 0.2) is 0 Å². The van der Waals surface area contributed by atoms with Gasteiger partial charge in [-0.05, 0) is 48.9 Å². The maximum absolute atomic E-state index is 13.3. The van der Waals surface area contributed by atoms with Crippen LogP contribution in [0.5, 0.6) is 0 Å². The normalized spacial score (nSPS) is 23.2. The fraction of sp³-hybridized carbons (Fsp3) is 0.360. The molecule has 2 fully saturated rings. The fourth-order valence-electron chi connectivity index (χ4n) is 4.96. The van der Waals surface area contributed by atoms with Gasteiger partial charge in [0.25, 0.3) is 11.8 Å². The van der Waals surface area contributed by atoms with E-state index in [0.29, 0.717) is 37.2 Å². The van der Waals surface area contributed by atoms with E-state index in [0.717, 1.165) is 28.9 Å². The van der Waals surface area contributed by atoms with Crippen molar-refractivity contribution in [3.63, 3.8) is 0 Å². The number of hydrogen-bond donors (Lipinski definition) is 3. The third-order valence-electron chi connectivity index (χ3n) is 6.68. The average Bonchev–Trinajstić information content (AvgIpc) is 3.55. The Labute approximate surface area is 196 Å². The molecule has 34 heavy (non-hydrogen) atoms. The van der Waals surface area contributed by atoms with Crippen molar-refractivity contribution in [1.82, 2.24) is 15.5 Å². The van der Waals surface area contributed by atoms with E-state index in [9.17, 15) is 19.2 Å². The van der Waals surface area contributed by atoms with E-state index in [4.69, 9.17) is 4.74 Å². The third kappa shape index (κ3) is 3.92. The molecule has 0 saturated carbocycles. The molecular weight excluding hydrogens is 436 g/mol. The van der Waals surface area contributed by atoms with Crippen LogP contribution in [0, 0.1) is 0 Å². The quantitative estimate of drug-likeness (QED) is 0.567. The summed E-state index contributed by atoms with van der Waals surface area (Å²) in [7, 11) is 0. The lowest BCUT2D eigenvalue weighted by Gasteiger charge is -2.22.